The van der Waals surface area contributed by atoms with Crippen molar-refractivity contribution in [2.24, 2.45) is 0 Å². The molecule has 0 aliphatic heterocycles. The van der Waals surface area contributed by atoms with Gasteiger partial charge < -0.3 is 4.74 Å². The number of halogens is 3. The molecule has 0 aromatic heterocycles. The molecule has 1 aromatic rings. The molecule has 1 aromatic carbocycles. The van der Waals surface area contributed by atoms with Crippen LogP contribution < -0.4 is 4.74 Å². The Kier molecular flexibility index (Phi) is 3.42. The van der Waals surface area contributed by atoms with Crippen molar-refractivity contribution in [3.8, 4) is 11.8 Å². The van der Waals surface area contributed by atoms with E-state index in [2.05, 4.69) is 0 Å². The number of carbonyl (C=O) groups is 1. The van der Waals surface area contributed by atoms with Gasteiger partial charge >= 0.3 is 6.18 Å². The molecule has 90 valence electrons. The number of ketones is 1. The van der Waals surface area contributed by atoms with Crippen LogP contribution in [0.1, 0.15) is 28.4 Å². The minimum absolute atomic E-state index is 0.106. The van der Waals surface area contributed by atoms with Crippen LogP contribution >= 0.6 is 0 Å². The number of carbonyl (C=O) groups excluding carboxylic acids is 1. The summed E-state index contributed by atoms with van der Waals surface area (Å²) in [5.41, 5.74) is -1.81. The topological polar surface area (TPSA) is 50.1 Å². The maximum Gasteiger partial charge on any atom is 0.417 e. The Hall–Kier alpha value is -2.03. The fraction of sp³-hybridized carbons (Fsp3) is 0.273. The van der Waals surface area contributed by atoms with Crippen LogP contribution in [0.2, 0.25) is 0 Å². The molecule has 0 aliphatic rings. The number of alkyl halides is 3. The highest BCUT2D eigenvalue weighted by Gasteiger charge is 2.36. The zero-order valence-electron chi connectivity index (χ0n) is 9.05. The molecule has 0 amide bonds. The van der Waals surface area contributed by atoms with Crippen LogP contribution in [0.3, 0.4) is 0 Å². The number of ether oxygens (including phenoxy) is 1. The summed E-state index contributed by atoms with van der Waals surface area (Å²) < 4.78 is 42.7. The number of nitrogens with zero attached hydrogens (tertiary/aromatic N) is 1. The standard InChI is InChI=1S/C11H8F3NO2/c1-6(16)9-8(11(12,13)14)4-3-7(5-15)10(9)17-2/h3-4H,1-2H3. The fourth-order valence-electron chi connectivity index (χ4n) is 1.47. The first-order valence-corrected chi connectivity index (χ1v) is 4.52. The number of nitriles is 1. The van der Waals surface area contributed by atoms with Gasteiger partial charge in [-0.2, -0.15) is 18.4 Å². The SMILES string of the molecule is COc1c(C#N)ccc(C(F)(F)F)c1C(C)=O. The van der Waals surface area contributed by atoms with E-state index in [1.165, 1.54) is 0 Å². The first-order valence-electron chi connectivity index (χ1n) is 4.52. The number of rotatable bonds is 2. The summed E-state index contributed by atoms with van der Waals surface area (Å²) in [6.07, 6.45) is -4.66. The molecule has 0 fully saturated rings. The van der Waals surface area contributed by atoms with E-state index < -0.39 is 23.1 Å². The first kappa shape index (κ1) is 13.0. The van der Waals surface area contributed by atoms with Crippen LogP contribution in [0.25, 0.3) is 0 Å². The number of Topliss-reactive ketones (excluding diaryl/α,β-unsaturated/α-hetero) is 1. The zero-order chi connectivity index (χ0) is 13.2. The number of methoxy groups -OCH3 is 1. The summed E-state index contributed by atoms with van der Waals surface area (Å²) in [6.45, 7) is 0.994. The second kappa shape index (κ2) is 4.45. The van der Waals surface area contributed by atoms with E-state index in [4.69, 9.17) is 10.00 Å². The Bertz CT molecular complexity index is 501. The Labute approximate surface area is 95.4 Å². The van der Waals surface area contributed by atoms with Gasteiger partial charge in [-0.3, -0.25) is 4.79 Å². The maximum absolute atomic E-state index is 12.7. The molecule has 0 heterocycles. The molecular formula is C11H8F3NO2. The van der Waals surface area contributed by atoms with Gasteiger partial charge in [0.2, 0.25) is 0 Å². The van der Waals surface area contributed by atoms with Crippen molar-refractivity contribution in [3.63, 3.8) is 0 Å². The molecule has 0 saturated carbocycles. The van der Waals surface area contributed by atoms with Crippen molar-refractivity contribution in [2.75, 3.05) is 7.11 Å². The van der Waals surface area contributed by atoms with E-state index >= 15 is 0 Å². The summed E-state index contributed by atoms with van der Waals surface area (Å²) in [4.78, 5) is 11.3. The lowest BCUT2D eigenvalue weighted by molar-refractivity contribution is -0.138. The van der Waals surface area contributed by atoms with E-state index in [0.29, 0.717) is 6.07 Å². The Balaban J connectivity index is 3.67. The second-order valence-electron chi connectivity index (χ2n) is 3.23. The Morgan fingerprint density at radius 3 is 2.35 bits per heavy atom. The van der Waals surface area contributed by atoms with Gasteiger partial charge in [0.1, 0.15) is 11.8 Å². The minimum Gasteiger partial charge on any atom is -0.495 e. The van der Waals surface area contributed by atoms with Gasteiger partial charge in [-0.15, -0.1) is 0 Å². The average molecular weight is 243 g/mol. The highest BCUT2D eigenvalue weighted by Crippen LogP contribution is 2.37. The van der Waals surface area contributed by atoms with E-state index in [1.807, 2.05) is 0 Å². The Morgan fingerprint density at radius 2 is 2.00 bits per heavy atom. The van der Waals surface area contributed by atoms with Gasteiger partial charge in [-0.05, 0) is 19.1 Å². The highest BCUT2D eigenvalue weighted by molar-refractivity contribution is 5.99. The molecule has 0 spiro atoms. The monoisotopic (exact) mass is 243 g/mol. The number of hydrogen-bond acceptors (Lipinski definition) is 3. The predicted octanol–water partition coefficient (Wildman–Crippen LogP) is 2.79. The molecule has 6 heteroatoms. The summed E-state index contributed by atoms with van der Waals surface area (Å²) in [7, 11) is 1.11. The lowest BCUT2D eigenvalue weighted by atomic mass is 9.99. The van der Waals surface area contributed by atoms with Crippen molar-refractivity contribution in [1.29, 1.82) is 5.26 Å². The van der Waals surface area contributed by atoms with Gasteiger partial charge in [0.05, 0.1) is 23.8 Å². The molecule has 0 N–H and O–H groups in total. The lowest BCUT2D eigenvalue weighted by Crippen LogP contribution is -2.13. The van der Waals surface area contributed by atoms with Gasteiger partial charge in [-0.25, -0.2) is 0 Å². The van der Waals surface area contributed by atoms with Crippen molar-refractivity contribution in [3.05, 3.63) is 28.8 Å². The number of benzene rings is 1. The van der Waals surface area contributed by atoms with Gasteiger partial charge in [-0.1, -0.05) is 0 Å². The molecule has 17 heavy (non-hydrogen) atoms. The van der Waals surface area contributed by atoms with E-state index in [0.717, 1.165) is 20.1 Å². The molecule has 0 aliphatic carbocycles. The largest absolute Gasteiger partial charge is 0.495 e. The highest BCUT2D eigenvalue weighted by atomic mass is 19.4. The van der Waals surface area contributed by atoms with Crippen LogP contribution in [-0.2, 0) is 6.18 Å². The molecule has 0 atom stereocenters. The van der Waals surface area contributed by atoms with Crippen molar-refractivity contribution < 1.29 is 22.7 Å². The summed E-state index contributed by atoms with van der Waals surface area (Å²) in [5.74, 6) is -1.14. The van der Waals surface area contributed by atoms with Gasteiger partial charge in [0, 0.05) is 0 Å². The molecule has 3 nitrogen and oxygen atoms in total. The number of hydrogen-bond donors (Lipinski definition) is 0. The van der Waals surface area contributed by atoms with Crippen molar-refractivity contribution in [1.82, 2.24) is 0 Å². The normalized spacial score (nSPS) is 10.8. The fourth-order valence-corrected chi connectivity index (χ4v) is 1.47. The van der Waals surface area contributed by atoms with Crippen LogP contribution in [0, 0.1) is 11.3 Å². The molecular weight excluding hydrogens is 235 g/mol. The molecule has 0 unspecified atom stereocenters. The van der Waals surface area contributed by atoms with E-state index in [9.17, 15) is 18.0 Å². The first-order chi connectivity index (χ1) is 7.82. The molecule has 0 saturated heterocycles. The van der Waals surface area contributed by atoms with Crippen LogP contribution in [0.15, 0.2) is 12.1 Å². The van der Waals surface area contributed by atoms with Crippen molar-refractivity contribution in [2.45, 2.75) is 13.1 Å². The maximum atomic E-state index is 12.7. The Morgan fingerprint density at radius 1 is 1.41 bits per heavy atom. The lowest BCUT2D eigenvalue weighted by Gasteiger charge is -2.15. The third kappa shape index (κ3) is 2.38. The van der Waals surface area contributed by atoms with Crippen LogP contribution in [0.4, 0.5) is 13.2 Å². The predicted molar refractivity (Wildman–Crippen MR) is 52.7 cm³/mol. The van der Waals surface area contributed by atoms with Crippen LogP contribution in [-0.4, -0.2) is 12.9 Å². The smallest absolute Gasteiger partial charge is 0.417 e. The molecule has 0 bridgehead atoms. The summed E-state index contributed by atoms with van der Waals surface area (Å²) in [5, 5.41) is 8.73. The quantitative estimate of drug-likeness (QED) is 0.750. The summed E-state index contributed by atoms with van der Waals surface area (Å²) >= 11 is 0. The van der Waals surface area contributed by atoms with Crippen molar-refractivity contribution >= 4 is 5.78 Å². The van der Waals surface area contributed by atoms with Crippen LogP contribution in [0.5, 0.6) is 5.75 Å². The van der Waals surface area contributed by atoms with E-state index in [-0.39, 0.29) is 11.3 Å². The van der Waals surface area contributed by atoms with Gasteiger partial charge in [0.15, 0.2) is 5.78 Å². The minimum atomic E-state index is -4.66. The second-order valence-corrected chi connectivity index (χ2v) is 3.23. The summed E-state index contributed by atoms with van der Waals surface area (Å²) in [6, 6.07) is 3.36. The van der Waals surface area contributed by atoms with E-state index in [1.54, 1.807) is 6.07 Å². The average Bonchev–Trinajstić information content (AvgIpc) is 2.25. The zero-order valence-corrected chi connectivity index (χ0v) is 9.05. The third-order valence-corrected chi connectivity index (χ3v) is 2.14. The molecule has 0 radical (unpaired) electrons. The third-order valence-electron chi connectivity index (χ3n) is 2.14. The van der Waals surface area contributed by atoms with Gasteiger partial charge in [0.25, 0.3) is 0 Å². The molecule has 1 rings (SSSR count).